The Balaban J connectivity index is 0.948. The zero-order valence-electron chi connectivity index (χ0n) is 39.3. The van der Waals surface area contributed by atoms with E-state index in [2.05, 4.69) is 54.6 Å². The number of pyridine rings is 2. The smallest absolute Gasteiger partial charge is 0.302 e. The fraction of sp³-hybridized carbons (Fsp3) is 0.426. The molecule has 8 atom stereocenters. The fourth-order valence-electron chi connectivity index (χ4n) is 10.9. The first-order valence-corrected chi connectivity index (χ1v) is 24.4. The van der Waals surface area contributed by atoms with E-state index >= 15 is 0 Å². The average molecular weight is 949 g/mol. The number of guanidine groups is 1. The molecule has 2 saturated heterocycles. The molecule has 6 aliphatic rings. The van der Waals surface area contributed by atoms with Crippen molar-refractivity contribution in [3.8, 4) is 40.6 Å². The molecule has 0 amide bonds. The number of nitrogen functional groups attached to an aromatic ring is 1. The van der Waals surface area contributed by atoms with Crippen LogP contribution in [0.2, 0.25) is 0 Å². The Labute approximate surface area is 407 Å². The molecule has 1 aliphatic carbocycles. The topological polar surface area (TPSA) is 218 Å². The van der Waals surface area contributed by atoms with Crippen LogP contribution in [-0.2, 0) is 33.5 Å². The third-order valence-corrected chi connectivity index (χ3v) is 14.3. The van der Waals surface area contributed by atoms with Gasteiger partial charge in [0.25, 0.3) is 0 Å². The molecule has 0 radical (unpaired) electrons. The number of phenolic OH excluding ortho intramolecular Hbond substituents is 3. The summed E-state index contributed by atoms with van der Waals surface area (Å²) in [6, 6.07) is 16.4. The minimum absolute atomic E-state index is 0.0544. The minimum Gasteiger partial charge on any atom is -0.504 e. The van der Waals surface area contributed by atoms with Crippen LogP contribution in [0.4, 0.5) is 5.82 Å². The summed E-state index contributed by atoms with van der Waals surface area (Å²) in [6.07, 6.45) is 16.3. The molecule has 7 N–H and O–H groups in total. The van der Waals surface area contributed by atoms with Crippen LogP contribution in [0.15, 0.2) is 107 Å². The Morgan fingerprint density at radius 1 is 1.06 bits per heavy atom. The van der Waals surface area contributed by atoms with Crippen molar-refractivity contribution in [3.63, 3.8) is 0 Å². The van der Waals surface area contributed by atoms with Crippen LogP contribution in [0.25, 0.3) is 0 Å². The van der Waals surface area contributed by atoms with Gasteiger partial charge in [0.05, 0.1) is 36.0 Å². The minimum atomic E-state index is -0.621. The number of nitrogens with zero attached hydrogens (tertiary/aromatic N) is 5. The Morgan fingerprint density at radius 2 is 1.97 bits per heavy atom. The van der Waals surface area contributed by atoms with Crippen molar-refractivity contribution in [1.29, 1.82) is 0 Å². The van der Waals surface area contributed by atoms with E-state index in [0.29, 0.717) is 68.2 Å². The lowest BCUT2D eigenvalue weighted by Crippen LogP contribution is -2.70. The highest BCUT2D eigenvalue weighted by atomic mass is 16.6. The standard InChI is InChI=1S/C54H60N8O8/c1-33(63)68-40-27-46(70-47(28-40)39-25-44(65)52(66)49(26-39)67-21-15-35-7-4-17-56-30-35)37-8-2-9-41-45(69-48-23-36(22-37)11-12-43(48)64)10-3-16-54(41)29-51(62-31-38-14-20-57-42(38)32-62)60-53(61-54)59-18-5-6-34-13-19-58-50(55)24-34/h4,7,11-14,17,19-20,23-26,30,32,37,40-41,45-47,51,64-66H,3,5-6,8,10,15-16,18,21-22,27-29,31H2,1H3,(H2,55,58)(H2,59,60,61)/t37-,40-,41-,45+,46-,47+,51+,54+/m1/s1. The molecule has 70 heavy (non-hydrogen) atoms. The van der Waals surface area contributed by atoms with Crippen LogP contribution >= 0.6 is 0 Å². The molecule has 3 fully saturated rings. The lowest BCUT2D eigenvalue weighted by atomic mass is 9.68. The molecule has 0 unspecified atom stereocenters. The normalized spacial score (nSPS) is 27.3. The number of allylic oxidation sites excluding steroid dienone is 1. The first kappa shape index (κ1) is 46.5. The molecule has 5 aliphatic heterocycles. The number of carbonyl (C=O) groups is 1. The maximum absolute atomic E-state index is 12.5. The summed E-state index contributed by atoms with van der Waals surface area (Å²) < 4.78 is 25.8. The van der Waals surface area contributed by atoms with Crippen molar-refractivity contribution in [1.82, 2.24) is 25.5 Å². The molecule has 364 valence electrons. The lowest BCUT2D eigenvalue weighted by Gasteiger charge is -2.52. The van der Waals surface area contributed by atoms with Crippen LogP contribution in [0.5, 0.6) is 28.7 Å². The molecule has 1 spiro atoms. The maximum atomic E-state index is 12.5. The number of aromatic nitrogens is 2. The van der Waals surface area contributed by atoms with Crippen LogP contribution in [0, 0.1) is 23.7 Å². The third-order valence-electron chi connectivity index (χ3n) is 14.3. The van der Waals surface area contributed by atoms with Gasteiger partial charge in [-0.3, -0.25) is 19.8 Å². The molecule has 2 aromatic carbocycles. The zero-order chi connectivity index (χ0) is 48.2. The van der Waals surface area contributed by atoms with E-state index in [9.17, 15) is 20.1 Å². The number of phenols is 3. The van der Waals surface area contributed by atoms with Gasteiger partial charge in [0, 0.05) is 94.6 Å². The summed E-state index contributed by atoms with van der Waals surface area (Å²) in [6.45, 7) is 2.94. The number of hydrogen-bond acceptors (Lipinski definition) is 14. The Bertz CT molecular complexity index is 2770. The van der Waals surface area contributed by atoms with E-state index in [1.54, 1.807) is 30.7 Å². The van der Waals surface area contributed by atoms with E-state index in [-0.39, 0.29) is 53.7 Å². The van der Waals surface area contributed by atoms with Gasteiger partial charge in [0.1, 0.15) is 24.2 Å². The van der Waals surface area contributed by atoms with E-state index in [1.807, 2.05) is 42.6 Å². The Kier molecular flexibility index (Phi) is 13.5. The highest BCUT2D eigenvalue weighted by molar-refractivity contribution is 5.83. The number of nitrogens with two attached hydrogens (primary N) is 1. The van der Waals surface area contributed by atoms with Gasteiger partial charge in [0.2, 0.25) is 5.75 Å². The molecular formula is C54H60N8O8. The summed E-state index contributed by atoms with van der Waals surface area (Å²) in [4.78, 5) is 32.9. The number of anilines is 1. The van der Waals surface area contributed by atoms with Crippen molar-refractivity contribution < 1.29 is 39.1 Å². The number of rotatable bonds is 12. The van der Waals surface area contributed by atoms with Crippen molar-refractivity contribution in [2.45, 2.75) is 114 Å². The van der Waals surface area contributed by atoms with Gasteiger partial charge >= 0.3 is 5.97 Å². The number of aliphatic imine (C=N–C) groups is 2. The van der Waals surface area contributed by atoms with Crippen molar-refractivity contribution in [2.75, 3.05) is 25.4 Å². The summed E-state index contributed by atoms with van der Waals surface area (Å²) >= 11 is 0. The molecule has 16 heteroatoms. The largest absolute Gasteiger partial charge is 0.504 e. The number of esters is 1. The van der Waals surface area contributed by atoms with Gasteiger partial charge in [-0.2, -0.15) is 0 Å². The van der Waals surface area contributed by atoms with Gasteiger partial charge in [0.15, 0.2) is 29.0 Å². The maximum Gasteiger partial charge on any atom is 0.302 e. The van der Waals surface area contributed by atoms with E-state index in [0.717, 1.165) is 61.0 Å². The molecular weight excluding hydrogens is 889 g/mol. The fourth-order valence-corrected chi connectivity index (χ4v) is 10.9. The monoisotopic (exact) mass is 948 g/mol. The van der Waals surface area contributed by atoms with Gasteiger partial charge < -0.3 is 55.5 Å². The third kappa shape index (κ3) is 10.5. The van der Waals surface area contributed by atoms with Crippen LogP contribution < -0.4 is 25.8 Å². The van der Waals surface area contributed by atoms with Crippen LogP contribution in [-0.4, -0.2) is 98.0 Å². The number of hydrogen-bond donors (Lipinski definition) is 6. The predicted octanol–water partition coefficient (Wildman–Crippen LogP) is 6.57. The molecule has 1 saturated carbocycles. The van der Waals surface area contributed by atoms with Crippen molar-refractivity contribution >= 4 is 24.0 Å². The molecule has 4 aromatic rings. The molecule has 2 bridgehead atoms. The number of fused-ring (bicyclic) bond motifs is 5. The number of carbonyl (C=O) groups excluding carboxylic acids is 1. The van der Waals surface area contributed by atoms with Crippen molar-refractivity contribution in [3.05, 3.63) is 119 Å². The number of aromatic hydroxyl groups is 3. The van der Waals surface area contributed by atoms with E-state index in [4.69, 9.17) is 29.7 Å². The Hall–Kier alpha value is -7.25. The molecule has 7 heterocycles. The van der Waals surface area contributed by atoms with Gasteiger partial charge in [-0.1, -0.05) is 18.1 Å². The van der Waals surface area contributed by atoms with Crippen LogP contribution in [0.3, 0.4) is 0 Å². The predicted molar refractivity (Wildman–Crippen MR) is 263 cm³/mol. The number of aryl methyl sites for hydroxylation is 1. The van der Waals surface area contributed by atoms with E-state index < -0.39 is 29.8 Å². The summed E-state index contributed by atoms with van der Waals surface area (Å²) in [5, 5.41) is 40.8. The second-order valence-corrected chi connectivity index (χ2v) is 19.3. The highest BCUT2D eigenvalue weighted by Crippen LogP contribution is 2.46. The molecule has 2 aromatic heterocycles. The Morgan fingerprint density at radius 3 is 2.81 bits per heavy atom. The van der Waals surface area contributed by atoms with Crippen molar-refractivity contribution in [2.24, 2.45) is 21.8 Å². The zero-order valence-corrected chi connectivity index (χ0v) is 39.3. The lowest BCUT2D eigenvalue weighted by molar-refractivity contribution is -0.164. The first-order chi connectivity index (χ1) is 34.0. The number of benzene rings is 2. The van der Waals surface area contributed by atoms with Gasteiger partial charge in [-0.25, -0.2) is 4.98 Å². The first-order valence-electron chi connectivity index (χ1n) is 24.4. The van der Waals surface area contributed by atoms with Crippen LogP contribution in [0.1, 0.15) is 86.6 Å². The molecule has 10 rings (SSSR count). The second-order valence-electron chi connectivity index (χ2n) is 19.3. The quantitative estimate of drug-likeness (QED) is 0.0384. The number of nitrogens with one attached hydrogen (secondary N) is 2. The molecule has 16 nitrogen and oxygen atoms in total. The van der Waals surface area contributed by atoms with Gasteiger partial charge in [-0.15, -0.1) is 5.92 Å². The highest BCUT2D eigenvalue weighted by Gasteiger charge is 2.52. The summed E-state index contributed by atoms with van der Waals surface area (Å²) in [7, 11) is 0. The van der Waals surface area contributed by atoms with E-state index in [1.165, 1.54) is 18.6 Å². The summed E-state index contributed by atoms with van der Waals surface area (Å²) in [5.41, 5.74) is 11.2. The van der Waals surface area contributed by atoms with Gasteiger partial charge in [-0.05, 0) is 109 Å². The average Bonchev–Trinajstić information content (AvgIpc) is 3.96. The number of ether oxygens (including phenoxy) is 4. The second kappa shape index (κ2) is 20.4. The summed E-state index contributed by atoms with van der Waals surface area (Å²) in [5.74, 6) is 7.60. The SMILES string of the molecule is CC(=O)O[C@H]1C[C@@H](c2cc(O)c(O)c(OCCc3cccnc3)c2)O[C@@H]([C@@H]2CC#C[C@@H]3[C@H](CCC[C@]34C[C@H](N3C=C5N=CC=C5C3)NC(=NCCCc3ccnc(N)c3)N4)Oc3cc(ccc3O)C2)C1.